The fourth-order valence-corrected chi connectivity index (χ4v) is 3.97. The maximum atomic E-state index is 11.6. The van der Waals surface area contributed by atoms with Crippen molar-refractivity contribution in [2.24, 2.45) is 0 Å². The van der Waals surface area contributed by atoms with Crippen LogP contribution in [0.3, 0.4) is 0 Å². The fraction of sp³-hybridized carbons (Fsp3) is 0.929. The van der Waals surface area contributed by atoms with Crippen LogP contribution in [0, 0.1) is 0 Å². The molecular weight excluding hydrogens is 484 g/mol. The number of hydrogen-bond donors (Lipinski definition) is 0. The zero-order valence-corrected chi connectivity index (χ0v) is 18.8. The third kappa shape index (κ3) is 9.46. The lowest BCUT2D eigenvalue weighted by molar-refractivity contribution is -0.890. The van der Waals surface area contributed by atoms with E-state index in [9.17, 15) is 48.0 Å². The van der Waals surface area contributed by atoms with Crippen molar-refractivity contribution in [1.29, 1.82) is 0 Å². The first kappa shape index (κ1) is 29.8. The Bertz CT molecular complexity index is 769. The second-order valence-electron chi connectivity index (χ2n) is 7.27. The smallest absolute Gasteiger partial charge is 0.421 e. The number of carbonyl (C=O) groups is 1. The minimum Gasteiger partial charge on any atom is -0.421 e. The van der Waals surface area contributed by atoms with Crippen molar-refractivity contribution in [2.75, 3.05) is 47.4 Å². The number of nitrogens with zero attached hydrogens (tertiary/aromatic N) is 3. The zero-order chi connectivity index (χ0) is 24.9. The van der Waals surface area contributed by atoms with E-state index in [0.29, 0.717) is 11.9 Å². The SMILES string of the molecule is COCC[N+](C)(C)CCN1C(=O)CCC1C.O=S(=O)([N-]S(=O)(=O)C(F)(F)F)C(F)(F)F. The molecule has 1 aliphatic rings. The van der Waals surface area contributed by atoms with E-state index in [2.05, 4.69) is 21.0 Å². The molecule has 1 atom stereocenters. The van der Waals surface area contributed by atoms with Crippen LogP contribution < -0.4 is 0 Å². The molecule has 0 spiro atoms. The number of likely N-dealkylation sites (N-methyl/N-ethyl adjacent to an activating group) is 1. The van der Waals surface area contributed by atoms with Crippen LogP contribution in [-0.2, 0) is 29.6 Å². The molecule has 31 heavy (non-hydrogen) atoms. The van der Waals surface area contributed by atoms with Crippen molar-refractivity contribution in [3.63, 3.8) is 0 Å². The molecule has 0 aromatic heterocycles. The number of rotatable bonds is 8. The lowest BCUT2D eigenvalue weighted by Gasteiger charge is -2.32. The van der Waals surface area contributed by atoms with Gasteiger partial charge in [0.25, 0.3) is 0 Å². The summed E-state index contributed by atoms with van der Waals surface area (Å²) in [7, 11) is -7.35. The quantitative estimate of drug-likeness (QED) is 0.364. The van der Waals surface area contributed by atoms with Gasteiger partial charge in [0, 0.05) is 19.6 Å². The summed E-state index contributed by atoms with van der Waals surface area (Å²) in [6.45, 7) is 5.78. The average Bonchev–Trinajstić information content (AvgIpc) is 2.87. The van der Waals surface area contributed by atoms with Crippen LogP contribution in [0.5, 0.6) is 0 Å². The van der Waals surface area contributed by atoms with Crippen LogP contribution in [0.4, 0.5) is 26.3 Å². The van der Waals surface area contributed by atoms with Gasteiger partial charge in [0.05, 0.1) is 33.8 Å². The van der Waals surface area contributed by atoms with Crippen LogP contribution in [-0.4, -0.2) is 96.6 Å². The number of likely N-dealkylation sites (tertiary alicyclic amines) is 1. The van der Waals surface area contributed by atoms with E-state index < -0.39 is 31.1 Å². The number of methoxy groups -OCH3 is 1. The van der Waals surface area contributed by atoms with E-state index in [4.69, 9.17) is 4.74 Å². The van der Waals surface area contributed by atoms with E-state index in [-0.39, 0.29) is 0 Å². The molecule has 9 nitrogen and oxygen atoms in total. The summed E-state index contributed by atoms with van der Waals surface area (Å²) in [5, 5.41) is 0. The molecule has 1 unspecified atom stereocenters. The van der Waals surface area contributed by atoms with Crippen molar-refractivity contribution >= 4 is 26.0 Å². The standard InChI is InChI=1S/C12H25N2O2.C2F6NO4S2/c1-11-5-6-12(15)13(11)7-8-14(2,3)9-10-16-4;3-1(4,5)14(10,11)9-15(12,13)2(6,7)8/h11H,5-10H2,1-4H3;/q+1;-1. The first-order valence-electron chi connectivity index (χ1n) is 8.64. The molecule has 0 radical (unpaired) electrons. The van der Waals surface area contributed by atoms with E-state index in [1.165, 1.54) is 0 Å². The molecule has 0 bridgehead atoms. The Hall–Kier alpha value is -1.17. The van der Waals surface area contributed by atoms with Crippen LogP contribution in [0.25, 0.3) is 4.13 Å². The Balaban J connectivity index is 0.000000582. The summed E-state index contributed by atoms with van der Waals surface area (Å²) >= 11 is 0. The predicted molar refractivity (Wildman–Crippen MR) is 97.4 cm³/mol. The first-order chi connectivity index (χ1) is 13.7. The molecule has 0 aliphatic carbocycles. The minimum atomic E-state index is -6.72. The number of sulfonamides is 2. The number of halogens is 6. The van der Waals surface area contributed by atoms with E-state index in [1.54, 1.807) is 7.11 Å². The van der Waals surface area contributed by atoms with Crippen molar-refractivity contribution in [3.05, 3.63) is 4.13 Å². The van der Waals surface area contributed by atoms with Gasteiger partial charge in [-0.3, -0.25) is 4.79 Å². The highest BCUT2D eigenvalue weighted by Crippen LogP contribution is 2.36. The molecular formula is C14H25F6N3O6S2. The number of alkyl halides is 6. The number of amides is 1. The number of hydrogen-bond acceptors (Lipinski definition) is 6. The molecule has 0 aromatic rings. The third-order valence-electron chi connectivity index (χ3n) is 4.26. The predicted octanol–water partition coefficient (Wildman–Crippen LogP) is 1.78. The van der Waals surface area contributed by atoms with Gasteiger partial charge in [0.1, 0.15) is 6.54 Å². The van der Waals surface area contributed by atoms with Gasteiger partial charge in [-0.05, 0) is 13.3 Å². The molecule has 1 fully saturated rings. The Labute approximate surface area is 177 Å². The summed E-state index contributed by atoms with van der Waals surface area (Å²) in [4.78, 5) is 13.6. The fourth-order valence-electron chi connectivity index (χ4n) is 2.27. The van der Waals surface area contributed by atoms with Gasteiger partial charge in [-0.15, -0.1) is 0 Å². The second-order valence-corrected chi connectivity index (χ2v) is 10.7. The van der Waals surface area contributed by atoms with Crippen molar-refractivity contribution in [3.8, 4) is 0 Å². The topological polar surface area (TPSA) is 112 Å². The average molecular weight is 509 g/mol. The monoisotopic (exact) mass is 509 g/mol. The summed E-state index contributed by atoms with van der Waals surface area (Å²) in [5.74, 6) is 0.319. The van der Waals surface area contributed by atoms with Gasteiger partial charge in [-0.1, -0.05) is 0 Å². The Morgan fingerprint density at radius 1 is 1.03 bits per heavy atom. The zero-order valence-electron chi connectivity index (χ0n) is 17.2. The van der Waals surface area contributed by atoms with Gasteiger partial charge in [0.15, 0.2) is 20.0 Å². The number of ether oxygens (including phenoxy) is 1. The Morgan fingerprint density at radius 3 is 1.81 bits per heavy atom. The Kier molecular flexibility index (Phi) is 10.2. The van der Waals surface area contributed by atoms with Crippen molar-refractivity contribution in [2.45, 2.75) is 36.8 Å². The lowest BCUT2D eigenvalue weighted by Crippen LogP contribution is -2.48. The lowest BCUT2D eigenvalue weighted by atomic mass is 10.2. The van der Waals surface area contributed by atoms with Gasteiger partial charge in [-0.25, -0.2) is 16.8 Å². The maximum absolute atomic E-state index is 11.6. The minimum absolute atomic E-state index is 0.319. The summed E-state index contributed by atoms with van der Waals surface area (Å²) in [5.41, 5.74) is -12.4. The first-order valence-corrected chi connectivity index (χ1v) is 11.5. The normalized spacial score (nSPS) is 18.7. The van der Waals surface area contributed by atoms with E-state index in [0.717, 1.165) is 47.7 Å². The second kappa shape index (κ2) is 10.6. The maximum Gasteiger partial charge on any atom is 0.480 e. The van der Waals surface area contributed by atoms with Crippen molar-refractivity contribution in [1.82, 2.24) is 4.90 Å². The highest BCUT2D eigenvalue weighted by Gasteiger charge is 2.46. The van der Waals surface area contributed by atoms with Crippen LogP contribution in [0.2, 0.25) is 0 Å². The molecule has 186 valence electrons. The molecule has 1 amide bonds. The molecule has 17 heteroatoms. The van der Waals surface area contributed by atoms with Gasteiger partial charge in [0.2, 0.25) is 5.91 Å². The summed E-state index contributed by atoms with van der Waals surface area (Å²) < 4.78 is 115. The molecule has 0 N–H and O–H groups in total. The number of quaternary nitrogens is 1. The van der Waals surface area contributed by atoms with Gasteiger partial charge < -0.3 is 18.2 Å². The van der Waals surface area contributed by atoms with E-state index in [1.807, 2.05) is 4.90 Å². The van der Waals surface area contributed by atoms with Crippen molar-refractivity contribution < 1.29 is 57.2 Å². The van der Waals surface area contributed by atoms with Gasteiger partial charge >= 0.3 is 11.0 Å². The number of carbonyl (C=O) groups excluding carboxylic acids is 1. The highest BCUT2D eigenvalue weighted by atomic mass is 32.3. The van der Waals surface area contributed by atoms with E-state index >= 15 is 0 Å². The van der Waals surface area contributed by atoms with Crippen LogP contribution >= 0.6 is 0 Å². The molecule has 0 aromatic carbocycles. The summed E-state index contributed by atoms with van der Waals surface area (Å²) in [6, 6.07) is 0.426. The molecule has 0 saturated carbocycles. The highest BCUT2D eigenvalue weighted by molar-refractivity contribution is 8.13. The third-order valence-corrected chi connectivity index (χ3v) is 7.00. The molecule has 1 saturated heterocycles. The van der Waals surface area contributed by atoms with Crippen LogP contribution in [0.1, 0.15) is 19.8 Å². The largest absolute Gasteiger partial charge is 0.480 e. The van der Waals surface area contributed by atoms with Gasteiger partial charge in [-0.2, -0.15) is 26.3 Å². The van der Waals surface area contributed by atoms with Crippen LogP contribution in [0.15, 0.2) is 0 Å². The summed E-state index contributed by atoms with van der Waals surface area (Å²) in [6.07, 6.45) is 1.75. The molecule has 1 rings (SSSR count). The molecule has 1 heterocycles. The Morgan fingerprint density at radius 2 is 1.48 bits per heavy atom. The molecule has 1 aliphatic heterocycles.